The highest BCUT2D eigenvalue weighted by Crippen LogP contribution is 2.33. The van der Waals surface area contributed by atoms with Crippen molar-refractivity contribution in [3.63, 3.8) is 0 Å². The Kier molecular flexibility index (Phi) is 4.74. The molecule has 1 saturated heterocycles. The Hall–Kier alpha value is 0.01000. The normalized spacial score (nSPS) is 19.9. The summed E-state index contributed by atoms with van der Waals surface area (Å²) in [5, 5.41) is 3.48. The summed E-state index contributed by atoms with van der Waals surface area (Å²) < 4.78 is 0. The number of nitrogens with one attached hydrogen (secondary N) is 1. The van der Waals surface area contributed by atoms with Gasteiger partial charge in [-0.1, -0.05) is 0 Å². The third-order valence-electron chi connectivity index (χ3n) is 3.36. The van der Waals surface area contributed by atoms with Gasteiger partial charge in [-0.25, -0.2) is 0 Å². The van der Waals surface area contributed by atoms with Gasteiger partial charge in [0.05, 0.1) is 0 Å². The molecule has 0 aromatic carbocycles. The standard InChI is InChI=1S/C13H21NS2/c1-10-3-4-13(16-10)12(14-2)9-11-5-7-15-8-6-11/h3-4,11-12,14H,5-9H2,1-2H3. The number of aryl methyl sites for hydroxylation is 1. The molecule has 90 valence electrons. The maximum atomic E-state index is 3.48. The van der Waals surface area contributed by atoms with E-state index in [1.165, 1.54) is 40.5 Å². The Labute approximate surface area is 107 Å². The highest BCUT2D eigenvalue weighted by Gasteiger charge is 2.20. The van der Waals surface area contributed by atoms with Crippen molar-refractivity contribution in [2.75, 3.05) is 18.6 Å². The summed E-state index contributed by atoms with van der Waals surface area (Å²) in [6, 6.07) is 5.10. The Balaban J connectivity index is 1.94. The fourth-order valence-electron chi connectivity index (χ4n) is 2.33. The number of hydrogen-bond donors (Lipinski definition) is 1. The fraction of sp³-hybridized carbons (Fsp3) is 0.692. The third kappa shape index (κ3) is 3.25. The number of hydrogen-bond acceptors (Lipinski definition) is 3. The van der Waals surface area contributed by atoms with Crippen molar-refractivity contribution in [2.45, 2.75) is 32.2 Å². The molecule has 1 aliphatic heterocycles. The van der Waals surface area contributed by atoms with Gasteiger partial charge in [0.2, 0.25) is 0 Å². The molecule has 0 saturated carbocycles. The molecule has 1 aromatic heterocycles. The Bertz CT molecular complexity index is 315. The molecule has 0 aliphatic carbocycles. The summed E-state index contributed by atoms with van der Waals surface area (Å²) in [5.41, 5.74) is 0. The van der Waals surface area contributed by atoms with E-state index in [0.29, 0.717) is 6.04 Å². The first-order valence-corrected chi connectivity index (χ1v) is 8.08. The Morgan fingerprint density at radius 1 is 1.38 bits per heavy atom. The fourth-order valence-corrected chi connectivity index (χ4v) is 4.54. The molecule has 2 rings (SSSR count). The molecular formula is C13H21NS2. The highest BCUT2D eigenvalue weighted by atomic mass is 32.2. The second-order valence-electron chi connectivity index (χ2n) is 4.58. The summed E-state index contributed by atoms with van der Waals surface area (Å²) in [5.74, 6) is 3.66. The van der Waals surface area contributed by atoms with Crippen LogP contribution < -0.4 is 5.32 Å². The predicted octanol–water partition coefficient (Wildman–Crippen LogP) is 3.85. The van der Waals surface area contributed by atoms with E-state index in [1.807, 2.05) is 11.3 Å². The van der Waals surface area contributed by atoms with Gasteiger partial charge in [0, 0.05) is 15.8 Å². The minimum absolute atomic E-state index is 0.576. The van der Waals surface area contributed by atoms with Gasteiger partial charge in [-0.15, -0.1) is 11.3 Å². The van der Waals surface area contributed by atoms with E-state index >= 15 is 0 Å². The molecule has 16 heavy (non-hydrogen) atoms. The minimum atomic E-state index is 0.576. The first-order valence-electron chi connectivity index (χ1n) is 6.11. The smallest absolute Gasteiger partial charge is 0.0415 e. The molecule has 1 aliphatic rings. The van der Waals surface area contributed by atoms with Gasteiger partial charge < -0.3 is 5.32 Å². The van der Waals surface area contributed by atoms with Crippen LogP contribution in [0, 0.1) is 12.8 Å². The number of thioether (sulfide) groups is 1. The lowest BCUT2D eigenvalue weighted by molar-refractivity contribution is 0.387. The quantitative estimate of drug-likeness (QED) is 0.877. The molecule has 1 aromatic rings. The monoisotopic (exact) mass is 255 g/mol. The van der Waals surface area contributed by atoms with Crippen LogP contribution in [0.5, 0.6) is 0 Å². The van der Waals surface area contributed by atoms with Gasteiger partial charge in [-0.3, -0.25) is 0 Å². The van der Waals surface area contributed by atoms with E-state index < -0.39 is 0 Å². The van der Waals surface area contributed by atoms with Gasteiger partial charge in [-0.05, 0) is 62.8 Å². The Morgan fingerprint density at radius 3 is 2.69 bits per heavy atom. The second kappa shape index (κ2) is 6.08. The summed E-state index contributed by atoms with van der Waals surface area (Å²) >= 11 is 4.06. The number of rotatable bonds is 4. The van der Waals surface area contributed by atoms with E-state index in [1.54, 1.807) is 0 Å². The topological polar surface area (TPSA) is 12.0 Å². The van der Waals surface area contributed by atoms with Crippen LogP contribution in [0.3, 0.4) is 0 Å². The molecule has 0 bridgehead atoms. The van der Waals surface area contributed by atoms with Crippen LogP contribution >= 0.6 is 23.1 Å². The third-order valence-corrected chi connectivity index (χ3v) is 5.53. The summed E-state index contributed by atoms with van der Waals surface area (Å²) in [6.45, 7) is 2.19. The lowest BCUT2D eigenvalue weighted by atomic mass is 9.93. The van der Waals surface area contributed by atoms with Gasteiger partial charge in [0.1, 0.15) is 0 Å². The van der Waals surface area contributed by atoms with Crippen LogP contribution in [0.25, 0.3) is 0 Å². The van der Waals surface area contributed by atoms with Crippen LogP contribution in [0.15, 0.2) is 12.1 Å². The first-order chi connectivity index (χ1) is 7.79. The highest BCUT2D eigenvalue weighted by molar-refractivity contribution is 7.99. The molecule has 1 atom stereocenters. The van der Waals surface area contributed by atoms with Crippen molar-refractivity contribution in [2.24, 2.45) is 5.92 Å². The molecule has 1 unspecified atom stereocenters. The largest absolute Gasteiger partial charge is 0.312 e. The minimum Gasteiger partial charge on any atom is -0.312 e. The zero-order chi connectivity index (χ0) is 11.4. The zero-order valence-electron chi connectivity index (χ0n) is 10.2. The van der Waals surface area contributed by atoms with E-state index in [2.05, 4.69) is 43.2 Å². The zero-order valence-corrected chi connectivity index (χ0v) is 11.8. The maximum Gasteiger partial charge on any atom is 0.0415 e. The van der Waals surface area contributed by atoms with E-state index in [-0.39, 0.29) is 0 Å². The van der Waals surface area contributed by atoms with Gasteiger partial charge in [0.15, 0.2) is 0 Å². The van der Waals surface area contributed by atoms with E-state index in [0.717, 1.165) is 5.92 Å². The van der Waals surface area contributed by atoms with E-state index in [4.69, 9.17) is 0 Å². The van der Waals surface area contributed by atoms with Crippen LogP contribution in [0.1, 0.15) is 35.1 Å². The molecular weight excluding hydrogens is 234 g/mol. The average Bonchev–Trinajstić information content (AvgIpc) is 2.74. The van der Waals surface area contributed by atoms with Crippen molar-refractivity contribution in [3.8, 4) is 0 Å². The second-order valence-corrected chi connectivity index (χ2v) is 7.13. The lowest BCUT2D eigenvalue weighted by Crippen LogP contribution is -2.21. The molecule has 1 fully saturated rings. The van der Waals surface area contributed by atoms with Crippen molar-refractivity contribution in [1.82, 2.24) is 5.32 Å². The Morgan fingerprint density at radius 2 is 2.12 bits per heavy atom. The first kappa shape index (κ1) is 12.5. The molecule has 0 spiro atoms. The maximum absolute atomic E-state index is 3.48. The molecule has 2 heterocycles. The van der Waals surface area contributed by atoms with Crippen LogP contribution in [-0.2, 0) is 0 Å². The van der Waals surface area contributed by atoms with Gasteiger partial charge >= 0.3 is 0 Å². The molecule has 3 heteroatoms. The van der Waals surface area contributed by atoms with Gasteiger partial charge in [0.25, 0.3) is 0 Å². The summed E-state index contributed by atoms with van der Waals surface area (Å²) in [7, 11) is 2.09. The number of thiophene rings is 1. The average molecular weight is 255 g/mol. The van der Waals surface area contributed by atoms with Crippen molar-refractivity contribution in [1.29, 1.82) is 0 Å². The summed E-state index contributed by atoms with van der Waals surface area (Å²) in [4.78, 5) is 2.94. The summed E-state index contributed by atoms with van der Waals surface area (Å²) in [6.07, 6.45) is 4.14. The molecule has 0 amide bonds. The van der Waals surface area contributed by atoms with E-state index in [9.17, 15) is 0 Å². The van der Waals surface area contributed by atoms with Gasteiger partial charge in [-0.2, -0.15) is 11.8 Å². The van der Waals surface area contributed by atoms with Crippen molar-refractivity contribution >= 4 is 23.1 Å². The van der Waals surface area contributed by atoms with Crippen LogP contribution in [0.2, 0.25) is 0 Å². The van der Waals surface area contributed by atoms with Crippen LogP contribution in [0.4, 0.5) is 0 Å². The van der Waals surface area contributed by atoms with Crippen molar-refractivity contribution < 1.29 is 0 Å². The molecule has 1 N–H and O–H groups in total. The lowest BCUT2D eigenvalue weighted by Gasteiger charge is -2.25. The van der Waals surface area contributed by atoms with Crippen LogP contribution in [-0.4, -0.2) is 18.6 Å². The SMILES string of the molecule is CNC(CC1CCSCC1)c1ccc(C)s1. The molecule has 0 radical (unpaired) electrons. The molecule has 1 nitrogen and oxygen atoms in total. The van der Waals surface area contributed by atoms with Crippen molar-refractivity contribution in [3.05, 3.63) is 21.9 Å². The predicted molar refractivity (Wildman–Crippen MR) is 75.5 cm³/mol.